The minimum absolute atomic E-state index is 0.422. The molecule has 2 rings (SSSR count). The molecule has 0 aliphatic heterocycles. The number of amides is 2. The van der Waals surface area contributed by atoms with Crippen molar-refractivity contribution in [2.75, 3.05) is 11.9 Å². The molecular formula is C11H12N4O2. The Hall–Kier alpha value is -2.37. The highest BCUT2D eigenvalue weighted by Crippen LogP contribution is 2.16. The highest BCUT2D eigenvalue weighted by molar-refractivity contribution is 6.39. The highest BCUT2D eigenvalue weighted by Gasteiger charge is 2.12. The number of likely N-dealkylation sites (N-methyl/N-ethyl adjacent to an activating group) is 1. The normalized spacial score (nSPS) is 10.2. The van der Waals surface area contributed by atoms with E-state index in [9.17, 15) is 9.59 Å². The van der Waals surface area contributed by atoms with E-state index in [0.717, 1.165) is 10.9 Å². The molecule has 1 heterocycles. The topological polar surface area (TPSA) is 86.9 Å². The van der Waals surface area contributed by atoms with E-state index in [-0.39, 0.29) is 0 Å². The Morgan fingerprint density at radius 2 is 2.18 bits per heavy atom. The van der Waals surface area contributed by atoms with E-state index in [0.29, 0.717) is 12.2 Å². The predicted molar refractivity (Wildman–Crippen MR) is 63.4 cm³/mol. The number of hydrogen-bond donors (Lipinski definition) is 3. The van der Waals surface area contributed by atoms with Crippen LogP contribution in [0.4, 0.5) is 5.69 Å². The van der Waals surface area contributed by atoms with Gasteiger partial charge in [0.15, 0.2) is 0 Å². The van der Waals surface area contributed by atoms with Crippen LogP contribution in [0.3, 0.4) is 0 Å². The second-order valence-electron chi connectivity index (χ2n) is 3.49. The van der Waals surface area contributed by atoms with Gasteiger partial charge in [-0.1, -0.05) is 0 Å². The Bertz CT molecular complexity index is 561. The maximum atomic E-state index is 11.4. The third-order valence-electron chi connectivity index (χ3n) is 2.24. The number of nitrogens with zero attached hydrogens (tertiary/aromatic N) is 1. The van der Waals surface area contributed by atoms with Crippen LogP contribution in [0.25, 0.3) is 10.9 Å². The molecule has 0 radical (unpaired) electrons. The Labute approximate surface area is 97.4 Å². The summed E-state index contributed by atoms with van der Waals surface area (Å²) in [5.41, 5.74) is 1.36. The Kier molecular flexibility index (Phi) is 3.04. The van der Waals surface area contributed by atoms with Gasteiger partial charge in [0, 0.05) is 17.6 Å². The molecule has 88 valence electrons. The molecule has 0 aliphatic carbocycles. The number of benzene rings is 1. The summed E-state index contributed by atoms with van der Waals surface area (Å²) in [7, 11) is 0. The molecule has 0 saturated heterocycles. The summed E-state index contributed by atoms with van der Waals surface area (Å²) in [5, 5.41) is 12.5. The SMILES string of the molecule is CCNC(=O)C(=O)Nc1ccc2cn[nH]c2c1. The zero-order chi connectivity index (χ0) is 12.3. The number of hydrogen-bond acceptors (Lipinski definition) is 3. The van der Waals surface area contributed by atoms with Crippen molar-refractivity contribution >= 4 is 28.4 Å². The van der Waals surface area contributed by atoms with Gasteiger partial charge >= 0.3 is 11.8 Å². The van der Waals surface area contributed by atoms with E-state index in [2.05, 4.69) is 20.8 Å². The molecule has 0 saturated carbocycles. The van der Waals surface area contributed by atoms with E-state index in [4.69, 9.17) is 0 Å². The molecule has 2 aromatic rings. The van der Waals surface area contributed by atoms with Crippen molar-refractivity contribution in [3.05, 3.63) is 24.4 Å². The van der Waals surface area contributed by atoms with Crippen molar-refractivity contribution in [2.45, 2.75) is 6.92 Å². The van der Waals surface area contributed by atoms with Gasteiger partial charge in [-0.3, -0.25) is 14.7 Å². The summed E-state index contributed by atoms with van der Waals surface area (Å²) in [6, 6.07) is 5.25. The Morgan fingerprint density at radius 3 is 2.94 bits per heavy atom. The molecule has 1 aromatic heterocycles. The number of aromatic nitrogens is 2. The van der Waals surface area contributed by atoms with Gasteiger partial charge < -0.3 is 10.6 Å². The summed E-state index contributed by atoms with van der Waals surface area (Å²) in [5.74, 6) is -1.32. The predicted octanol–water partition coefficient (Wildman–Crippen LogP) is 0.637. The number of fused-ring (bicyclic) bond motifs is 1. The van der Waals surface area contributed by atoms with Crippen LogP contribution in [0.2, 0.25) is 0 Å². The molecule has 0 aliphatic rings. The average molecular weight is 232 g/mol. The maximum absolute atomic E-state index is 11.4. The lowest BCUT2D eigenvalue weighted by molar-refractivity contribution is -0.136. The van der Waals surface area contributed by atoms with Crippen LogP contribution in [-0.4, -0.2) is 28.6 Å². The molecule has 0 bridgehead atoms. The first-order valence-electron chi connectivity index (χ1n) is 5.23. The van der Waals surface area contributed by atoms with E-state index < -0.39 is 11.8 Å². The van der Waals surface area contributed by atoms with Crippen LogP contribution in [0.1, 0.15) is 6.92 Å². The number of anilines is 1. The van der Waals surface area contributed by atoms with E-state index in [1.807, 2.05) is 6.07 Å². The molecule has 0 unspecified atom stereocenters. The minimum Gasteiger partial charge on any atom is -0.348 e. The molecule has 17 heavy (non-hydrogen) atoms. The van der Waals surface area contributed by atoms with Gasteiger partial charge in [0.2, 0.25) is 0 Å². The molecule has 6 nitrogen and oxygen atoms in total. The number of nitrogens with one attached hydrogen (secondary N) is 3. The molecule has 0 fully saturated rings. The van der Waals surface area contributed by atoms with Crippen LogP contribution in [0.15, 0.2) is 24.4 Å². The summed E-state index contributed by atoms with van der Waals surface area (Å²) >= 11 is 0. The second-order valence-corrected chi connectivity index (χ2v) is 3.49. The molecular weight excluding hydrogens is 220 g/mol. The third kappa shape index (κ3) is 2.41. The Balaban J connectivity index is 2.12. The van der Waals surface area contributed by atoms with Crippen LogP contribution in [-0.2, 0) is 9.59 Å². The first kappa shape index (κ1) is 11.1. The summed E-state index contributed by atoms with van der Waals surface area (Å²) in [4.78, 5) is 22.6. The van der Waals surface area contributed by atoms with Crippen molar-refractivity contribution < 1.29 is 9.59 Å². The smallest absolute Gasteiger partial charge is 0.313 e. The monoisotopic (exact) mass is 232 g/mol. The fraction of sp³-hybridized carbons (Fsp3) is 0.182. The van der Waals surface area contributed by atoms with Gasteiger partial charge in [0.25, 0.3) is 0 Å². The zero-order valence-electron chi connectivity index (χ0n) is 9.28. The van der Waals surface area contributed by atoms with Gasteiger partial charge in [-0.15, -0.1) is 0 Å². The van der Waals surface area contributed by atoms with Crippen molar-refractivity contribution in [3.8, 4) is 0 Å². The number of carbonyl (C=O) groups excluding carboxylic acids is 2. The molecule has 1 aromatic carbocycles. The van der Waals surface area contributed by atoms with Gasteiger partial charge in [-0.25, -0.2) is 0 Å². The van der Waals surface area contributed by atoms with Crippen LogP contribution in [0, 0.1) is 0 Å². The summed E-state index contributed by atoms with van der Waals surface area (Å²) in [6.07, 6.45) is 1.69. The first-order valence-corrected chi connectivity index (χ1v) is 5.23. The van der Waals surface area contributed by atoms with Gasteiger partial charge in [0.05, 0.1) is 11.7 Å². The maximum Gasteiger partial charge on any atom is 0.313 e. The van der Waals surface area contributed by atoms with Crippen LogP contribution in [0.5, 0.6) is 0 Å². The highest BCUT2D eigenvalue weighted by atomic mass is 16.2. The lowest BCUT2D eigenvalue weighted by Gasteiger charge is -2.04. The van der Waals surface area contributed by atoms with E-state index in [1.165, 1.54) is 0 Å². The largest absolute Gasteiger partial charge is 0.348 e. The molecule has 0 atom stereocenters. The van der Waals surface area contributed by atoms with Crippen molar-refractivity contribution in [3.63, 3.8) is 0 Å². The summed E-state index contributed by atoms with van der Waals surface area (Å²) in [6.45, 7) is 2.17. The number of rotatable bonds is 2. The van der Waals surface area contributed by atoms with Crippen LogP contribution < -0.4 is 10.6 Å². The second kappa shape index (κ2) is 4.65. The van der Waals surface area contributed by atoms with Gasteiger partial charge in [0.1, 0.15) is 0 Å². The summed E-state index contributed by atoms with van der Waals surface area (Å²) < 4.78 is 0. The molecule has 3 N–H and O–H groups in total. The average Bonchev–Trinajstić information content (AvgIpc) is 2.76. The fourth-order valence-electron chi connectivity index (χ4n) is 1.44. The third-order valence-corrected chi connectivity index (χ3v) is 2.24. The van der Waals surface area contributed by atoms with Crippen molar-refractivity contribution in [1.29, 1.82) is 0 Å². The van der Waals surface area contributed by atoms with Crippen molar-refractivity contribution in [2.24, 2.45) is 0 Å². The van der Waals surface area contributed by atoms with E-state index in [1.54, 1.807) is 25.3 Å². The van der Waals surface area contributed by atoms with Crippen molar-refractivity contribution in [1.82, 2.24) is 15.5 Å². The molecule has 0 spiro atoms. The minimum atomic E-state index is -0.675. The van der Waals surface area contributed by atoms with E-state index >= 15 is 0 Å². The van der Waals surface area contributed by atoms with Gasteiger partial charge in [-0.2, -0.15) is 5.10 Å². The number of carbonyl (C=O) groups is 2. The van der Waals surface area contributed by atoms with Crippen LogP contribution >= 0.6 is 0 Å². The standard InChI is InChI=1S/C11H12N4O2/c1-2-12-10(16)11(17)14-8-4-3-7-6-13-15-9(7)5-8/h3-6H,2H2,1H3,(H,12,16)(H,13,15)(H,14,17). The fourth-order valence-corrected chi connectivity index (χ4v) is 1.44. The molecule has 6 heteroatoms. The van der Waals surface area contributed by atoms with Gasteiger partial charge in [-0.05, 0) is 25.1 Å². The first-order chi connectivity index (χ1) is 8.20. The zero-order valence-corrected chi connectivity index (χ0v) is 9.28. The molecule has 2 amide bonds. The number of H-pyrrole nitrogens is 1. The lowest BCUT2D eigenvalue weighted by Crippen LogP contribution is -2.35. The lowest BCUT2D eigenvalue weighted by atomic mass is 10.2. The quantitative estimate of drug-likeness (QED) is 0.664. The number of aromatic amines is 1. The Morgan fingerprint density at radius 1 is 1.35 bits per heavy atom.